The first-order chi connectivity index (χ1) is 7.74. The number of benzene rings is 1. The van der Waals surface area contributed by atoms with Crippen molar-refractivity contribution < 1.29 is 4.39 Å². The van der Waals surface area contributed by atoms with Gasteiger partial charge >= 0.3 is 0 Å². The summed E-state index contributed by atoms with van der Waals surface area (Å²) in [6.45, 7) is 1.34. The average molecular weight is 285 g/mol. The zero-order valence-corrected chi connectivity index (χ0v) is 10.6. The van der Waals surface area contributed by atoms with Crippen molar-refractivity contribution in [1.82, 2.24) is 5.32 Å². The van der Waals surface area contributed by atoms with Crippen LogP contribution in [0, 0.1) is 17.1 Å². The molecule has 0 amide bonds. The van der Waals surface area contributed by atoms with Crippen molar-refractivity contribution in [2.45, 2.75) is 25.8 Å². The molecule has 0 fully saturated rings. The van der Waals surface area contributed by atoms with Gasteiger partial charge in [0.2, 0.25) is 0 Å². The Morgan fingerprint density at radius 2 is 2.19 bits per heavy atom. The molecule has 0 heterocycles. The van der Waals surface area contributed by atoms with Crippen LogP contribution in [0.5, 0.6) is 0 Å². The Hall–Kier alpha value is -0.920. The summed E-state index contributed by atoms with van der Waals surface area (Å²) in [4.78, 5) is 0. The monoisotopic (exact) mass is 284 g/mol. The molecule has 0 unspecified atom stereocenters. The van der Waals surface area contributed by atoms with Crippen LogP contribution in [0.3, 0.4) is 0 Å². The molecule has 1 N–H and O–H groups in total. The molecule has 0 aliphatic heterocycles. The molecular weight excluding hydrogens is 271 g/mol. The van der Waals surface area contributed by atoms with Crippen LogP contribution >= 0.6 is 15.9 Å². The zero-order chi connectivity index (χ0) is 11.8. The highest BCUT2D eigenvalue weighted by atomic mass is 79.9. The van der Waals surface area contributed by atoms with Gasteiger partial charge < -0.3 is 5.32 Å². The molecule has 16 heavy (non-hydrogen) atoms. The van der Waals surface area contributed by atoms with E-state index in [9.17, 15) is 4.39 Å². The average Bonchev–Trinajstić information content (AvgIpc) is 2.28. The van der Waals surface area contributed by atoms with E-state index in [1.54, 1.807) is 12.1 Å². The Morgan fingerprint density at radius 1 is 1.38 bits per heavy atom. The van der Waals surface area contributed by atoms with Gasteiger partial charge in [-0.3, -0.25) is 0 Å². The van der Waals surface area contributed by atoms with E-state index in [-0.39, 0.29) is 5.82 Å². The molecule has 86 valence electrons. The second kappa shape index (κ2) is 7.37. The SMILES string of the molecule is N#CCCCCNCc1cc(Br)ccc1F. The van der Waals surface area contributed by atoms with Crippen LogP contribution in [0.4, 0.5) is 4.39 Å². The Labute approximate surface area is 104 Å². The molecular formula is C12H14BrFN2. The van der Waals surface area contributed by atoms with Gasteiger partial charge in [0, 0.05) is 23.0 Å². The largest absolute Gasteiger partial charge is 0.313 e. The Morgan fingerprint density at radius 3 is 2.94 bits per heavy atom. The van der Waals surface area contributed by atoms with E-state index in [0.29, 0.717) is 18.5 Å². The van der Waals surface area contributed by atoms with E-state index in [1.165, 1.54) is 6.07 Å². The topological polar surface area (TPSA) is 35.8 Å². The van der Waals surface area contributed by atoms with Gasteiger partial charge in [-0.25, -0.2) is 4.39 Å². The lowest BCUT2D eigenvalue weighted by molar-refractivity contribution is 0.576. The highest BCUT2D eigenvalue weighted by Gasteiger charge is 2.01. The first kappa shape index (κ1) is 13.1. The van der Waals surface area contributed by atoms with E-state index < -0.39 is 0 Å². The molecule has 1 aromatic rings. The van der Waals surface area contributed by atoms with Crippen molar-refractivity contribution in [3.8, 4) is 6.07 Å². The summed E-state index contributed by atoms with van der Waals surface area (Å²) in [6.07, 6.45) is 2.43. The van der Waals surface area contributed by atoms with Crippen molar-refractivity contribution in [2.24, 2.45) is 0 Å². The number of unbranched alkanes of at least 4 members (excludes halogenated alkanes) is 2. The number of nitrogens with one attached hydrogen (secondary N) is 1. The van der Waals surface area contributed by atoms with Gasteiger partial charge in [0.1, 0.15) is 5.82 Å². The molecule has 2 nitrogen and oxygen atoms in total. The Kier molecular flexibility index (Phi) is 6.05. The zero-order valence-electron chi connectivity index (χ0n) is 8.97. The molecule has 0 saturated heterocycles. The van der Waals surface area contributed by atoms with Crippen LogP contribution in [0.15, 0.2) is 22.7 Å². The van der Waals surface area contributed by atoms with E-state index >= 15 is 0 Å². The molecule has 0 saturated carbocycles. The minimum atomic E-state index is -0.187. The molecule has 0 spiro atoms. The summed E-state index contributed by atoms with van der Waals surface area (Å²) >= 11 is 3.31. The maximum absolute atomic E-state index is 13.3. The number of nitriles is 1. The Balaban J connectivity index is 2.27. The van der Waals surface area contributed by atoms with Crippen molar-refractivity contribution >= 4 is 15.9 Å². The molecule has 0 aromatic heterocycles. The third-order valence-electron chi connectivity index (χ3n) is 2.22. The molecule has 0 bridgehead atoms. The molecule has 1 rings (SSSR count). The fourth-order valence-corrected chi connectivity index (χ4v) is 1.76. The number of nitrogens with zero attached hydrogens (tertiary/aromatic N) is 1. The summed E-state index contributed by atoms with van der Waals surface area (Å²) in [7, 11) is 0. The van der Waals surface area contributed by atoms with Crippen LogP contribution in [0.1, 0.15) is 24.8 Å². The summed E-state index contributed by atoms with van der Waals surface area (Å²) in [5.41, 5.74) is 0.662. The highest BCUT2D eigenvalue weighted by molar-refractivity contribution is 9.10. The fraction of sp³-hybridized carbons (Fsp3) is 0.417. The van der Waals surface area contributed by atoms with Crippen molar-refractivity contribution in [2.75, 3.05) is 6.54 Å². The number of hydrogen-bond acceptors (Lipinski definition) is 2. The summed E-state index contributed by atoms with van der Waals surface area (Å²) < 4.78 is 14.2. The van der Waals surface area contributed by atoms with Gasteiger partial charge in [-0.2, -0.15) is 5.26 Å². The highest BCUT2D eigenvalue weighted by Crippen LogP contribution is 2.15. The normalized spacial score (nSPS) is 10.1. The smallest absolute Gasteiger partial charge is 0.127 e. The van der Waals surface area contributed by atoms with Crippen molar-refractivity contribution in [1.29, 1.82) is 5.26 Å². The van der Waals surface area contributed by atoms with Crippen molar-refractivity contribution in [3.05, 3.63) is 34.1 Å². The second-order valence-electron chi connectivity index (χ2n) is 3.53. The minimum absolute atomic E-state index is 0.187. The number of rotatable bonds is 6. The van der Waals surface area contributed by atoms with E-state index in [1.807, 2.05) is 0 Å². The predicted octanol–water partition coefficient (Wildman–Crippen LogP) is 3.37. The lowest BCUT2D eigenvalue weighted by atomic mass is 10.2. The maximum atomic E-state index is 13.3. The van der Waals surface area contributed by atoms with Crippen LogP contribution in [-0.4, -0.2) is 6.54 Å². The standard InChI is InChI=1S/C12H14BrFN2/c13-11-4-5-12(14)10(8-11)9-16-7-3-1-2-6-15/h4-5,8,16H,1-3,7,9H2. The first-order valence-electron chi connectivity index (χ1n) is 5.25. The lowest BCUT2D eigenvalue weighted by Gasteiger charge is -2.05. The van der Waals surface area contributed by atoms with Gasteiger partial charge in [-0.05, 0) is 37.6 Å². The summed E-state index contributed by atoms with van der Waals surface area (Å²) in [5, 5.41) is 11.5. The second-order valence-corrected chi connectivity index (χ2v) is 4.44. The van der Waals surface area contributed by atoms with Gasteiger partial charge in [0.15, 0.2) is 0 Å². The van der Waals surface area contributed by atoms with Crippen LogP contribution in [0.2, 0.25) is 0 Å². The maximum Gasteiger partial charge on any atom is 0.127 e. The quantitative estimate of drug-likeness (QED) is 0.813. The lowest BCUT2D eigenvalue weighted by Crippen LogP contribution is -2.15. The van der Waals surface area contributed by atoms with Gasteiger partial charge in [-0.15, -0.1) is 0 Å². The molecule has 1 aromatic carbocycles. The summed E-state index contributed by atoms with van der Waals surface area (Å²) in [6, 6.07) is 7.02. The third kappa shape index (κ3) is 4.73. The summed E-state index contributed by atoms with van der Waals surface area (Å²) in [5.74, 6) is -0.187. The van der Waals surface area contributed by atoms with Gasteiger partial charge in [0.05, 0.1) is 6.07 Å². The van der Waals surface area contributed by atoms with E-state index in [2.05, 4.69) is 27.3 Å². The van der Waals surface area contributed by atoms with Crippen molar-refractivity contribution in [3.63, 3.8) is 0 Å². The molecule has 0 atom stereocenters. The Bertz CT molecular complexity index is 374. The minimum Gasteiger partial charge on any atom is -0.313 e. The molecule has 4 heteroatoms. The molecule has 0 aliphatic carbocycles. The number of halogens is 2. The van der Waals surface area contributed by atoms with E-state index in [4.69, 9.17) is 5.26 Å². The number of hydrogen-bond donors (Lipinski definition) is 1. The van der Waals surface area contributed by atoms with Gasteiger partial charge in [-0.1, -0.05) is 15.9 Å². The molecule has 0 radical (unpaired) electrons. The first-order valence-corrected chi connectivity index (χ1v) is 6.05. The predicted molar refractivity (Wildman–Crippen MR) is 65.3 cm³/mol. The van der Waals surface area contributed by atoms with Crippen LogP contribution in [0.25, 0.3) is 0 Å². The van der Waals surface area contributed by atoms with Gasteiger partial charge in [0.25, 0.3) is 0 Å². The van der Waals surface area contributed by atoms with Crippen LogP contribution in [-0.2, 0) is 6.54 Å². The van der Waals surface area contributed by atoms with Crippen LogP contribution < -0.4 is 5.32 Å². The van der Waals surface area contributed by atoms with E-state index in [0.717, 1.165) is 23.9 Å². The fourth-order valence-electron chi connectivity index (χ4n) is 1.36. The molecule has 0 aliphatic rings. The third-order valence-corrected chi connectivity index (χ3v) is 2.71.